The molecule has 100 valence electrons. The first kappa shape index (κ1) is 14.5. The van der Waals surface area contributed by atoms with Gasteiger partial charge in [0.15, 0.2) is 0 Å². The van der Waals surface area contributed by atoms with Gasteiger partial charge in [0, 0.05) is 19.8 Å². The fraction of sp³-hybridized carbons (Fsp3) is 0.923. The Hall–Kier alpha value is -0.610. The summed E-state index contributed by atoms with van der Waals surface area (Å²) >= 11 is 0. The van der Waals surface area contributed by atoms with E-state index in [2.05, 4.69) is 19.2 Å². The first-order valence-corrected chi connectivity index (χ1v) is 6.46. The number of hydrogen-bond donors (Lipinski definition) is 2. The average Bonchev–Trinajstić information content (AvgIpc) is 2.70. The standard InChI is InChI=1S/C13H25NO3/c1-10-5-8-17-11(10)12(16)14-9-13(2,3)6-4-7-15/h10-11,15H,4-9H2,1-3H3,(H,14,16). The normalized spacial score (nSPS) is 24.9. The van der Waals surface area contributed by atoms with Gasteiger partial charge in [-0.05, 0) is 30.6 Å². The van der Waals surface area contributed by atoms with Crippen molar-refractivity contribution in [2.75, 3.05) is 19.8 Å². The molecule has 0 aliphatic carbocycles. The van der Waals surface area contributed by atoms with Crippen LogP contribution in [0, 0.1) is 11.3 Å². The molecule has 0 bridgehead atoms. The van der Waals surface area contributed by atoms with Gasteiger partial charge in [-0.1, -0.05) is 20.8 Å². The zero-order valence-electron chi connectivity index (χ0n) is 11.2. The summed E-state index contributed by atoms with van der Waals surface area (Å²) in [6.45, 7) is 7.78. The quantitative estimate of drug-likeness (QED) is 0.740. The monoisotopic (exact) mass is 243 g/mol. The summed E-state index contributed by atoms with van der Waals surface area (Å²) in [6, 6.07) is 0. The van der Waals surface area contributed by atoms with Gasteiger partial charge < -0.3 is 15.2 Å². The van der Waals surface area contributed by atoms with Gasteiger partial charge >= 0.3 is 0 Å². The van der Waals surface area contributed by atoms with E-state index in [1.54, 1.807) is 0 Å². The summed E-state index contributed by atoms with van der Waals surface area (Å²) in [5, 5.41) is 11.8. The van der Waals surface area contributed by atoms with Crippen molar-refractivity contribution in [2.24, 2.45) is 11.3 Å². The zero-order chi connectivity index (χ0) is 12.9. The summed E-state index contributed by atoms with van der Waals surface area (Å²) in [7, 11) is 0. The van der Waals surface area contributed by atoms with Crippen molar-refractivity contribution in [3.05, 3.63) is 0 Å². The van der Waals surface area contributed by atoms with Crippen molar-refractivity contribution in [2.45, 2.75) is 46.1 Å². The Kier molecular flexibility index (Phi) is 5.40. The molecule has 0 aromatic heterocycles. The molecule has 0 spiro atoms. The molecule has 2 N–H and O–H groups in total. The highest BCUT2D eigenvalue weighted by Crippen LogP contribution is 2.23. The van der Waals surface area contributed by atoms with E-state index in [0.29, 0.717) is 19.1 Å². The number of carbonyl (C=O) groups excluding carboxylic acids is 1. The minimum Gasteiger partial charge on any atom is -0.396 e. The maximum absolute atomic E-state index is 11.9. The lowest BCUT2D eigenvalue weighted by molar-refractivity contribution is -0.132. The Bertz CT molecular complexity index is 253. The predicted molar refractivity (Wildman–Crippen MR) is 66.6 cm³/mol. The molecule has 1 heterocycles. The Balaban J connectivity index is 2.31. The molecule has 1 fully saturated rings. The van der Waals surface area contributed by atoms with E-state index < -0.39 is 0 Å². The van der Waals surface area contributed by atoms with Gasteiger partial charge in [0.25, 0.3) is 0 Å². The van der Waals surface area contributed by atoms with Crippen molar-refractivity contribution in [1.29, 1.82) is 0 Å². The van der Waals surface area contributed by atoms with Crippen LogP contribution in [0.3, 0.4) is 0 Å². The van der Waals surface area contributed by atoms with Gasteiger partial charge in [0.05, 0.1) is 0 Å². The predicted octanol–water partition coefficient (Wildman–Crippen LogP) is 1.33. The molecule has 1 aliphatic heterocycles. The topological polar surface area (TPSA) is 58.6 Å². The second-order valence-electron chi connectivity index (χ2n) is 5.77. The van der Waals surface area contributed by atoms with E-state index in [-0.39, 0.29) is 24.0 Å². The zero-order valence-corrected chi connectivity index (χ0v) is 11.2. The lowest BCUT2D eigenvalue weighted by Gasteiger charge is -2.26. The number of hydrogen-bond acceptors (Lipinski definition) is 3. The van der Waals surface area contributed by atoms with Gasteiger partial charge in [-0.2, -0.15) is 0 Å². The molecule has 1 aliphatic rings. The third-order valence-corrected chi connectivity index (χ3v) is 3.40. The third kappa shape index (κ3) is 4.64. The molecule has 1 rings (SSSR count). The van der Waals surface area contributed by atoms with Crippen LogP contribution in [0.2, 0.25) is 0 Å². The largest absolute Gasteiger partial charge is 0.396 e. The maximum atomic E-state index is 11.9. The lowest BCUT2D eigenvalue weighted by atomic mass is 9.87. The fourth-order valence-electron chi connectivity index (χ4n) is 2.10. The third-order valence-electron chi connectivity index (χ3n) is 3.40. The molecule has 0 aromatic carbocycles. The first-order chi connectivity index (χ1) is 7.96. The van der Waals surface area contributed by atoms with Gasteiger partial charge in [0.1, 0.15) is 6.10 Å². The molecule has 1 amide bonds. The molecule has 4 heteroatoms. The molecule has 0 saturated carbocycles. The number of aliphatic hydroxyl groups excluding tert-OH is 1. The van der Waals surface area contributed by atoms with Gasteiger partial charge in [-0.15, -0.1) is 0 Å². The Morgan fingerprint density at radius 1 is 1.53 bits per heavy atom. The summed E-state index contributed by atoms with van der Waals surface area (Å²) in [5.41, 5.74) is 0.0280. The van der Waals surface area contributed by atoms with Crippen LogP contribution in [0.4, 0.5) is 0 Å². The highest BCUT2D eigenvalue weighted by Gasteiger charge is 2.31. The smallest absolute Gasteiger partial charge is 0.249 e. The van der Waals surface area contributed by atoms with Crippen molar-refractivity contribution in [1.82, 2.24) is 5.32 Å². The SMILES string of the molecule is CC1CCOC1C(=O)NCC(C)(C)CCCO. The van der Waals surface area contributed by atoms with Crippen LogP contribution in [-0.4, -0.2) is 36.9 Å². The molecule has 0 radical (unpaired) electrons. The average molecular weight is 243 g/mol. The van der Waals surface area contributed by atoms with Crippen LogP contribution < -0.4 is 5.32 Å². The summed E-state index contributed by atoms with van der Waals surface area (Å²) in [4.78, 5) is 11.9. The summed E-state index contributed by atoms with van der Waals surface area (Å²) in [5.74, 6) is 0.322. The van der Waals surface area contributed by atoms with Gasteiger partial charge in [-0.25, -0.2) is 0 Å². The van der Waals surface area contributed by atoms with Gasteiger partial charge in [-0.3, -0.25) is 4.79 Å². The van der Waals surface area contributed by atoms with Crippen molar-refractivity contribution in [3.63, 3.8) is 0 Å². The number of rotatable bonds is 6. The van der Waals surface area contributed by atoms with Crippen molar-refractivity contribution in [3.8, 4) is 0 Å². The van der Waals surface area contributed by atoms with E-state index in [4.69, 9.17) is 9.84 Å². The highest BCUT2D eigenvalue weighted by atomic mass is 16.5. The Morgan fingerprint density at radius 2 is 2.24 bits per heavy atom. The van der Waals surface area contributed by atoms with Crippen LogP contribution in [0.15, 0.2) is 0 Å². The number of ether oxygens (including phenoxy) is 1. The molecular formula is C13H25NO3. The molecule has 0 aromatic rings. The summed E-state index contributed by atoms with van der Waals surface area (Å²) in [6.07, 6.45) is 2.37. The second kappa shape index (κ2) is 6.36. The van der Waals surface area contributed by atoms with E-state index in [1.165, 1.54) is 0 Å². The minimum absolute atomic E-state index is 0.00655. The van der Waals surface area contributed by atoms with Crippen LogP contribution in [-0.2, 0) is 9.53 Å². The number of nitrogens with one attached hydrogen (secondary N) is 1. The molecule has 2 unspecified atom stereocenters. The number of carbonyl (C=O) groups is 1. The molecule has 1 saturated heterocycles. The van der Waals surface area contributed by atoms with E-state index in [1.807, 2.05) is 6.92 Å². The van der Waals surface area contributed by atoms with Crippen LogP contribution in [0.25, 0.3) is 0 Å². The fourth-order valence-corrected chi connectivity index (χ4v) is 2.10. The van der Waals surface area contributed by atoms with Gasteiger partial charge in [0.2, 0.25) is 5.91 Å². The molecular weight excluding hydrogens is 218 g/mol. The van der Waals surface area contributed by atoms with Crippen molar-refractivity contribution >= 4 is 5.91 Å². The second-order valence-corrected chi connectivity index (χ2v) is 5.77. The Labute approximate surface area is 104 Å². The Morgan fingerprint density at radius 3 is 2.76 bits per heavy atom. The molecule has 4 nitrogen and oxygen atoms in total. The number of amides is 1. The summed E-state index contributed by atoms with van der Waals surface area (Å²) < 4.78 is 5.42. The molecule has 2 atom stereocenters. The minimum atomic E-state index is -0.274. The highest BCUT2D eigenvalue weighted by molar-refractivity contribution is 5.81. The maximum Gasteiger partial charge on any atom is 0.249 e. The first-order valence-electron chi connectivity index (χ1n) is 6.46. The van der Waals surface area contributed by atoms with E-state index in [9.17, 15) is 4.79 Å². The van der Waals surface area contributed by atoms with E-state index in [0.717, 1.165) is 19.3 Å². The molecule has 17 heavy (non-hydrogen) atoms. The lowest BCUT2D eigenvalue weighted by Crippen LogP contribution is -2.41. The van der Waals surface area contributed by atoms with Crippen LogP contribution in [0.1, 0.15) is 40.0 Å². The van der Waals surface area contributed by atoms with Crippen LogP contribution in [0.5, 0.6) is 0 Å². The van der Waals surface area contributed by atoms with E-state index >= 15 is 0 Å². The number of aliphatic hydroxyl groups is 1. The van der Waals surface area contributed by atoms with Crippen molar-refractivity contribution < 1.29 is 14.6 Å². The van der Waals surface area contributed by atoms with Crippen LogP contribution >= 0.6 is 0 Å².